The highest BCUT2D eigenvalue weighted by Gasteiger charge is 2.26. The lowest BCUT2D eigenvalue weighted by molar-refractivity contribution is -0.113. The first-order valence-corrected chi connectivity index (χ1v) is 13.9. The molecule has 0 aliphatic rings. The largest absolute Gasteiger partial charge is 0.462 e. The number of aromatic nitrogens is 3. The standard InChI is InChI=1S/C23H29N5O4S3/c1-6-8-15-9-14(10-33-15)20-26-27-23(28(20)12(3)4)34-11-16(29)25-21-17(22(31)32-7-2)13(5)18(35-21)19(24)30/h9-10,12H,6-8,11H2,1-5H3,(H2,24,30)(H,25,29). The van der Waals surface area contributed by atoms with Crippen molar-refractivity contribution in [3.8, 4) is 11.4 Å². The lowest BCUT2D eigenvalue weighted by Gasteiger charge is -2.13. The van der Waals surface area contributed by atoms with E-state index >= 15 is 0 Å². The predicted molar refractivity (Wildman–Crippen MR) is 141 cm³/mol. The average molecular weight is 536 g/mol. The van der Waals surface area contributed by atoms with E-state index in [1.165, 1.54) is 16.6 Å². The molecule has 188 valence electrons. The quantitative estimate of drug-likeness (QED) is 0.263. The van der Waals surface area contributed by atoms with Crippen molar-refractivity contribution in [2.75, 3.05) is 17.7 Å². The molecule has 0 atom stereocenters. The van der Waals surface area contributed by atoms with Gasteiger partial charge >= 0.3 is 5.97 Å². The maximum atomic E-state index is 12.8. The van der Waals surface area contributed by atoms with Gasteiger partial charge in [0.25, 0.3) is 5.91 Å². The van der Waals surface area contributed by atoms with Crippen LogP contribution in [0, 0.1) is 6.92 Å². The summed E-state index contributed by atoms with van der Waals surface area (Å²) in [5.74, 6) is -0.814. The Morgan fingerprint density at radius 3 is 2.63 bits per heavy atom. The second-order valence-corrected chi connectivity index (χ2v) is 11.0. The highest BCUT2D eigenvalue weighted by molar-refractivity contribution is 7.99. The SMILES string of the molecule is CCCc1cc(-c2nnc(SCC(=O)Nc3sc(C(N)=O)c(C)c3C(=O)OCC)n2C(C)C)cs1. The molecule has 3 N–H and O–H groups in total. The molecule has 0 unspecified atom stereocenters. The molecule has 0 bridgehead atoms. The molecule has 3 rings (SSSR count). The Morgan fingerprint density at radius 1 is 1.26 bits per heavy atom. The fraction of sp³-hybridized carbons (Fsp3) is 0.435. The van der Waals surface area contributed by atoms with Crippen LogP contribution >= 0.6 is 34.4 Å². The van der Waals surface area contributed by atoms with E-state index in [4.69, 9.17) is 10.5 Å². The Bertz CT molecular complexity index is 1230. The van der Waals surface area contributed by atoms with Gasteiger partial charge in [-0.15, -0.1) is 32.9 Å². The van der Waals surface area contributed by atoms with E-state index in [2.05, 4.69) is 33.9 Å². The van der Waals surface area contributed by atoms with Crippen molar-refractivity contribution in [2.45, 2.75) is 58.7 Å². The first-order chi connectivity index (χ1) is 16.7. The third-order valence-electron chi connectivity index (χ3n) is 5.02. The zero-order valence-corrected chi connectivity index (χ0v) is 22.8. The van der Waals surface area contributed by atoms with E-state index in [-0.39, 0.29) is 39.8 Å². The molecule has 0 saturated carbocycles. The van der Waals surface area contributed by atoms with Crippen LogP contribution < -0.4 is 11.1 Å². The number of hydrogen-bond donors (Lipinski definition) is 2. The minimum absolute atomic E-state index is 0.0424. The summed E-state index contributed by atoms with van der Waals surface area (Å²) in [6.45, 7) is 9.70. The summed E-state index contributed by atoms with van der Waals surface area (Å²) in [7, 11) is 0. The summed E-state index contributed by atoms with van der Waals surface area (Å²) in [5.41, 5.74) is 7.00. The number of anilines is 1. The number of amides is 2. The number of nitrogens with zero attached hydrogens (tertiary/aromatic N) is 3. The minimum atomic E-state index is -0.666. The number of carbonyl (C=O) groups excluding carboxylic acids is 3. The van der Waals surface area contributed by atoms with E-state index in [0.29, 0.717) is 10.7 Å². The lowest BCUT2D eigenvalue weighted by Crippen LogP contribution is -2.17. The molecule has 0 spiro atoms. The van der Waals surface area contributed by atoms with Gasteiger partial charge in [0.05, 0.1) is 22.8 Å². The van der Waals surface area contributed by atoms with Crippen LogP contribution in [0.1, 0.15) is 70.6 Å². The van der Waals surface area contributed by atoms with E-state index in [9.17, 15) is 14.4 Å². The molecule has 3 aromatic rings. The maximum absolute atomic E-state index is 12.8. The molecule has 12 heteroatoms. The topological polar surface area (TPSA) is 129 Å². The van der Waals surface area contributed by atoms with Crippen molar-refractivity contribution in [3.05, 3.63) is 32.3 Å². The monoisotopic (exact) mass is 535 g/mol. The fourth-order valence-corrected chi connectivity index (χ4v) is 6.39. The van der Waals surface area contributed by atoms with Gasteiger partial charge in [-0.2, -0.15) is 0 Å². The van der Waals surface area contributed by atoms with E-state index in [0.717, 1.165) is 35.6 Å². The highest BCUT2D eigenvalue weighted by Crippen LogP contribution is 2.34. The summed E-state index contributed by atoms with van der Waals surface area (Å²) in [6.07, 6.45) is 2.10. The van der Waals surface area contributed by atoms with Gasteiger partial charge in [-0.3, -0.25) is 14.2 Å². The van der Waals surface area contributed by atoms with Crippen molar-refractivity contribution in [1.29, 1.82) is 0 Å². The molecule has 3 heterocycles. The van der Waals surface area contributed by atoms with Crippen LogP contribution in [0.15, 0.2) is 16.6 Å². The fourth-order valence-electron chi connectivity index (χ4n) is 3.49. The number of esters is 1. The number of aryl methyl sites for hydroxylation is 1. The average Bonchev–Trinajstić information content (AvgIpc) is 3.49. The number of ether oxygens (including phenoxy) is 1. The summed E-state index contributed by atoms with van der Waals surface area (Å²) in [5, 5.41) is 14.4. The summed E-state index contributed by atoms with van der Waals surface area (Å²) >= 11 is 3.93. The number of hydrogen-bond acceptors (Lipinski definition) is 9. The van der Waals surface area contributed by atoms with Crippen molar-refractivity contribution in [3.63, 3.8) is 0 Å². The zero-order valence-electron chi connectivity index (χ0n) is 20.3. The van der Waals surface area contributed by atoms with Gasteiger partial charge in [-0.05, 0) is 45.7 Å². The van der Waals surface area contributed by atoms with Crippen molar-refractivity contribution in [1.82, 2.24) is 14.8 Å². The van der Waals surface area contributed by atoms with Crippen LogP contribution in [0.2, 0.25) is 0 Å². The van der Waals surface area contributed by atoms with E-state index in [1.54, 1.807) is 25.2 Å². The van der Waals surface area contributed by atoms with Crippen LogP contribution in [-0.2, 0) is 16.0 Å². The molecular weight excluding hydrogens is 506 g/mol. The Morgan fingerprint density at radius 2 is 2.00 bits per heavy atom. The number of nitrogens with two attached hydrogens (primary N) is 1. The van der Waals surface area contributed by atoms with Crippen molar-refractivity contribution < 1.29 is 19.1 Å². The van der Waals surface area contributed by atoms with E-state index in [1.807, 2.05) is 18.4 Å². The smallest absolute Gasteiger partial charge is 0.341 e. The molecule has 0 saturated heterocycles. The maximum Gasteiger partial charge on any atom is 0.341 e. The Kier molecular flexibility index (Phi) is 9.09. The number of thiophene rings is 2. The number of rotatable bonds is 11. The van der Waals surface area contributed by atoms with Gasteiger partial charge in [0.2, 0.25) is 5.91 Å². The van der Waals surface area contributed by atoms with Crippen molar-refractivity contribution >= 4 is 57.2 Å². The van der Waals surface area contributed by atoms with Crippen LogP contribution in [0.5, 0.6) is 0 Å². The molecule has 9 nitrogen and oxygen atoms in total. The minimum Gasteiger partial charge on any atom is -0.462 e. The summed E-state index contributed by atoms with van der Waals surface area (Å²) in [4.78, 5) is 38.5. The zero-order chi connectivity index (χ0) is 25.7. The van der Waals surface area contributed by atoms with E-state index < -0.39 is 11.9 Å². The summed E-state index contributed by atoms with van der Waals surface area (Å²) in [6, 6.07) is 2.23. The molecule has 3 aromatic heterocycles. The summed E-state index contributed by atoms with van der Waals surface area (Å²) < 4.78 is 7.11. The van der Waals surface area contributed by atoms with Gasteiger partial charge in [-0.1, -0.05) is 25.1 Å². The third-order valence-corrected chi connectivity index (χ3v) is 8.19. The van der Waals surface area contributed by atoms with Crippen molar-refractivity contribution in [2.24, 2.45) is 5.73 Å². The Balaban J connectivity index is 1.78. The van der Waals surface area contributed by atoms with Crippen LogP contribution in [-0.4, -0.2) is 44.9 Å². The number of primary amides is 1. The third kappa shape index (κ3) is 6.11. The predicted octanol–water partition coefficient (Wildman–Crippen LogP) is 4.92. The molecule has 0 aromatic carbocycles. The molecule has 0 radical (unpaired) electrons. The van der Waals surface area contributed by atoms with Gasteiger partial charge in [0.1, 0.15) is 5.00 Å². The normalized spacial score (nSPS) is 11.1. The Hall–Kier alpha value is -2.70. The highest BCUT2D eigenvalue weighted by atomic mass is 32.2. The molecule has 0 aliphatic carbocycles. The van der Waals surface area contributed by atoms with Gasteiger partial charge in [0, 0.05) is 21.9 Å². The van der Waals surface area contributed by atoms with Crippen LogP contribution in [0.25, 0.3) is 11.4 Å². The molecule has 0 aliphatic heterocycles. The number of nitrogens with one attached hydrogen (secondary N) is 1. The van der Waals surface area contributed by atoms with Crippen LogP contribution in [0.3, 0.4) is 0 Å². The first kappa shape index (κ1) is 26.9. The van der Waals surface area contributed by atoms with Gasteiger partial charge < -0.3 is 15.8 Å². The first-order valence-electron chi connectivity index (χ1n) is 11.2. The second kappa shape index (κ2) is 11.8. The van der Waals surface area contributed by atoms with Crippen LogP contribution in [0.4, 0.5) is 5.00 Å². The number of thioether (sulfide) groups is 1. The lowest BCUT2D eigenvalue weighted by atomic mass is 10.1. The molecule has 35 heavy (non-hydrogen) atoms. The van der Waals surface area contributed by atoms with Gasteiger partial charge in [-0.25, -0.2) is 4.79 Å². The molecule has 0 fully saturated rings. The second-order valence-electron chi connectivity index (χ2n) is 8.00. The molecule has 2 amide bonds. The molecular formula is C23H29N5O4S3. The van der Waals surface area contributed by atoms with Gasteiger partial charge in [0.15, 0.2) is 11.0 Å². The Labute approximate surface area is 216 Å². The number of carbonyl (C=O) groups is 3.